The van der Waals surface area contributed by atoms with Gasteiger partial charge in [0.25, 0.3) is 0 Å². The number of likely N-dealkylation sites (tertiary alicyclic amines) is 1. The number of aryl methyl sites for hydroxylation is 1. The van der Waals surface area contributed by atoms with Crippen molar-refractivity contribution in [1.29, 1.82) is 0 Å². The van der Waals surface area contributed by atoms with E-state index < -0.39 is 0 Å². The number of carbonyl (C=O) groups excluding carboxylic acids is 1. The van der Waals surface area contributed by atoms with Gasteiger partial charge in [-0.05, 0) is 44.2 Å². The van der Waals surface area contributed by atoms with Gasteiger partial charge >= 0.3 is 0 Å². The Kier molecular flexibility index (Phi) is 7.68. The Bertz CT molecular complexity index is 564. The van der Waals surface area contributed by atoms with E-state index >= 15 is 0 Å². The number of nitrogens with zero attached hydrogens (tertiary/aromatic N) is 3. The number of carbonyl (C=O) groups is 1. The number of amides is 1. The average Bonchev–Trinajstić information content (AvgIpc) is 2.72. The minimum Gasteiger partial charge on any atom is -0.393 e. The minimum absolute atomic E-state index is 0.257. The van der Waals surface area contributed by atoms with Crippen molar-refractivity contribution in [3.8, 4) is 0 Å². The molecule has 0 aromatic heterocycles. The summed E-state index contributed by atoms with van der Waals surface area (Å²) in [6.07, 6.45) is 3.96. The Hall–Kier alpha value is -1.43. The first-order chi connectivity index (χ1) is 13.1. The highest BCUT2D eigenvalue weighted by Crippen LogP contribution is 2.24. The molecule has 0 bridgehead atoms. The van der Waals surface area contributed by atoms with Crippen molar-refractivity contribution < 1.29 is 9.90 Å². The van der Waals surface area contributed by atoms with Crippen LogP contribution in [0.5, 0.6) is 0 Å². The molecule has 2 saturated heterocycles. The van der Waals surface area contributed by atoms with Gasteiger partial charge in [-0.25, -0.2) is 0 Å². The first-order valence-electron chi connectivity index (χ1n) is 10.5. The summed E-state index contributed by atoms with van der Waals surface area (Å²) in [7, 11) is 2.15. The number of piperazine rings is 1. The molecule has 1 aromatic carbocycles. The second-order valence-corrected chi connectivity index (χ2v) is 8.20. The molecule has 1 amide bonds. The molecule has 27 heavy (non-hydrogen) atoms. The molecule has 2 fully saturated rings. The van der Waals surface area contributed by atoms with E-state index in [1.165, 1.54) is 5.56 Å². The molecule has 2 aliphatic heterocycles. The van der Waals surface area contributed by atoms with Gasteiger partial charge in [-0.2, -0.15) is 0 Å². The third-order valence-corrected chi connectivity index (χ3v) is 6.25. The molecule has 2 heterocycles. The van der Waals surface area contributed by atoms with E-state index in [1.807, 2.05) is 23.1 Å². The second kappa shape index (κ2) is 10.2. The lowest BCUT2D eigenvalue weighted by molar-refractivity contribution is -0.133. The minimum atomic E-state index is -0.257. The van der Waals surface area contributed by atoms with Gasteiger partial charge in [0.15, 0.2) is 0 Å². The summed E-state index contributed by atoms with van der Waals surface area (Å²) in [4.78, 5) is 19.3. The maximum Gasteiger partial charge on any atom is 0.223 e. The number of benzene rings is 1. The van der Waals surface area contributed by atoms with Crippen LogP contribution in [0.15, 0.2) is 30.3 Å². The highest BCUT2D eigenvalue weighted by Gasteiger charge is 2.27. The van der Waals surface area contributed by atoms with Crippen molar-refractivity contribution in [2.24, 2.45) is 5.92 Å². The van der Waals surface area contributed by atoms with Crippen LogP contribution in [0.2, 0.25) is 0 Å². The van der Waals surface area contributed by atoms with Crippen LogP contribution >= 0.6 is 0 Å². The van der Waals surface area contributed by atoms with Crippen LogP contribution < -0.4 is 0 Å². The van der Waals surface area contributed by atoms with Crippen molar-refractivity contribution in [2.75, 3.05) is 52.9 Å². The lowest BCUT2D eigenvalue weighted by atomic mass is 9.88. The van der Waals surface area contributed by atoms with Crippen LogP contribution in [-0.4, -0.2) is 84.7 Å². The van der Waals surface area contributed by atoms with Gasteiger partial charge in [0, 0.05) is 52.2 Å². The van der Waals surface area contributed by atoms with Gasteiger partial charge in [-0.15, -0.1) is 0 Å². The quantitative estimate of drug-likeness (QED) is 0.793. The lowest BCUT2D eigenvalue weighted by Gasteiger charge is -2.35. The van der Waals surface area contributed by atoms with Gasteiger partial charge in [-0.1, -0.05) is 30.3 Å². The topological polar surface area (TPSA) is 47.0 Å². The number of aliphatic hydroxyl groups is 1. The summed E-state index contributed by atoms with van der Waals surface area (Å²) >= 11 is 0. The summed E-state index contributed by atoms with van der Waals surface area (Å²) in [5.41, 5.74) is 1.29. The molecule has 1 N–H and O–H groups in total. The van der Waals surface area contributed by atoms with Crippen LogP contribution in [0, 0.1) is 5.92 Å². The van der Waals surface area contributed by atoms with Crippen LogP contribution in [0.1, 0.15) is 31.2 Å². The standard InChI is InChI=1S/C22H35N3O2/c1-23-15-17-24(18-16-23)12-11-22(27)25-13-9-20(10-14-25)21(26)8-7-19-5-3-2-4-6-19/h2-6,20-21,26H,7-18H2,1H3/t21-/m0/s1. The molecule has 1 atom stereocenters. The highest BCUT2D eigenvalue weighted by atomic mass is 16.3. The summed E-state index contributed by atoms with van der Waals surface area (Å²) in [6.45, 7) is 6.81. The number of hydrogen-bond donors (Lipinski definition) is 1. The number of hydrogen-bond acceptors (Lipinski definition) is 4. The van der Waals surface area contributed by atoms with Crippen LogP contribution in [0.3, 0.4) is 0 Å². The first kappa shape index (κ1) is 20.3. The zero-order valence-corrected chi connectivity index (χ0v) is 16.7. The molecule has 3 rings (SSSR count). The van der Waals surface area contributed by atoms with E-state index in [4.69, 9.17) is 0 Å². The second-order valence-electron chi connectivity index (χ2n) is 8.20. The number of piperidine rings is 1. The van der Waals surface area contributed by atoms with Gasteiger partial charge in [-0.3, -0.25) is 4.79 Å². The van der Waals surface area contributed by atoms with Crippen molar-refractivity contribution >= 4 is 5.91 Å². The molecule has 0 unspecified atom stereocenters. The Labute approximate surface area is 163 Å². The summed E-state index contributed by atoms with van der Waals surface area (Å²) < 4.78 is 0. The number of aliphatic hydroxyl groups excluding tert-OH is 1. The monoisotopic (exact) mass is 373 g/mol. The lowest BCUT2D eigenvalue weighted by Crippen LogP contribution is -2.46. The summed E-state index contributed by atoms with van der Waals surface area (Å²) in [6, 6.07) is 10.4. The Balaban J connectivity index is 1.33. The first-order valence-corrected chi connectivity index (χ1v) is 10.5. The normalized spacial score (nSPS) is 21.3. The fourth-order valence-electron chi connectivity index (χ4n) is 4.21. The van der Waals surface area contributed by atoms with Crippen molar-refractivity contribution in [3.05, 3.63) is 35.9 Å². The maximum absolute atomic E-state index is 12.5. The molecule has 150 valence electrons. The molecular formula is C22H35N3O2. The fourth-order valence-corrected chi connectivity index (χ4v) is 4.21. The molecule has 0 aliphatic carbocycles. The molecule has 2 aliphatic rings. The van der Waals surface area contributed by atoms with Crippen molar-refractivity contribution in [3.63, 3.8) is 0 Å². The zero-order chi connectivity index (χ0) is 19.1. The highest BCUT2D eigenvalue weighted by molar-refractivity contribution is 5.76. The molecular weight excluding hydrogens is 338 g/mol. The predicted octanol–water partition coefficient (Wildman–Crippen LogP) is 1.86. The molecule has 1 aromatic rings. The third kappa shape index (κ3) is 6.30. The maximum atomic E-state index is 12.5. The number of likely N-dealkylation sites (N-methyl/N-ethyl adjacent to an activating group) is 1. The van der Waals surface area contributed by atoms with E-state index in [-0.39, 0.29) is 12.0 Å². The van der Waals surface area contributed by atoms with Crippen LogP contribution in [0.4, 0.5) is 0 Å². The zero-order valence-electron chi connectivity index (χ0n) is 16.7. The van der Waals surface area contributed by atoms with E-state index in [2.05, 4.69) is 29.0 Å². The SMILES string of the molecule is CN1CCN(CCC(=O)N2CCC([C@@H](O)CCc3ccccc3)CC2)CC1. The van der Waals surface area contributed by atoms with E-state index in [1.54, 1.807) is 0 Å². The number of rotatable bonds is 7. The van der Waals surface area contributed by atoms with Crippen LogP contribution in [0.25, 0.3) is 0 Å². The van der Waals surface area contributed by atoms with Crippen LogP contribution in [-0.2, 0) is 11.2 Å². The largest absolute Gasteiger partial charge is 0.393 e. The summed E-state index contributed by atoms with van der Waals surface area (Å²) in [5.74, 6) is 0.613. The van der Waals surface area contributed by atoms with Crippen molar-refractivity contribution in [1.82, 2.24) is 14.7 Å². The Morgan fingerprint density at radius 1 is 1.07 bits per heavy atom. The third-order valence-electron chi connectivity index (χ3n) is 6.25. The van der Waals surface area contributed by atoms with Crippen molar-refractivity contribution in [2.45, 2.75) is 38.2 Å². The average molecular weight is 374 g/mol. The fraction of sp³-hybridized carbons (Fsp3) is 0.682. The predicted molar refractivity (Wildman–Crippen MR) is 109 cm³/mol. The van der Waals surface area contributed by atoms with E-state index in [0.29, 0.717) is 12.3 Å². The molecule has 0 spiro atoms. The van der Waals surface area contributed by atoms with E-state index in [9.17, 15) is 9.90 Å². The van der Waals surface area contributed by atoms with Gasteiger partial charge in [0.05, 0.1) is 6.10 Å². The molecule has 0 radical (unpaired) electrons. The van der Waals surface area contributed by atoms with Gasteiger partial charge in [0.1, 0.15) is 0 Å². The molecule has 0 saturated carbocycles. The van der Waals surface area contributed by atoms with E-state index in [0.717, 1.165) is 71.5 Å². The molecule has 5 heteroatoms. The molecule has 5 nitrogen and oxygen atoms in total. The van der Waals surface area contributed by atoms with Gasteiger partial charge < -0.3 is 19.8 Å². The smallest absolute Gasteiger partial charge is 0.223 e. The summed E-state index contributed by atoms with van der Waals surface area (Å²) in [5, 5.41) is 10.5. The Morgan fingerprint density at radius 2 is 1.74 bits per heavy atom. The Morgan fingerprint density at radius 3 is 2.41 bits per heavy atom. The van der Waals surface area contributed by atoms with Gasteiger partial charge in [0.2, 0.25) is 5.91 Å².